The molecule has 0 aliphatic rings. The number of imidazole rings is 1. The van der Waals surface area contributed by atoms with E-state index < -0.39 is 10.0 Å². The smallest absolute Gasteiger partial charge is 0.237 e. The highest BCUT2D eigenvalue weighted by molar-refractivity contribution is 9.10. The van der Waals surface area contributed by atoms with Crippen molar-refractivity contribution < 1.29 is 13.5 Å². The Morgan fingerprint density at radius 1 is 1.41 bits per heavy atom. The summed E-state index contributed by atoms with van der Waals surface area (Å²) in [6.07, 6.45) is 3.90. The normalized spacial score (nSPS) is 11.6. The SMILES string of the molecule is CS(=O)(=O)n1ccnc1-c1ccc(O)c(Br)c1. The number of benzene rings is 1. The van der Waals surface area contributed by atoms with Crippen LogP contribution in [0.3, 0.4) is 0 Å². The van der Waals surface area contributed by atoms with Crippen molar-refractivity contribution in [3.05, 3.63) is 35.1 Å². The Hall–Kier alpha value is -1.34. The summed E-state index contributed by atoms with van der Waals surface area (Å²) in [5.41, 5.74) is 0.602. The van der Waals surface area contributed by atoms with Crippen molar-refractivity contribution in [2.24, 2.45) is 0 Å². The van der Waals surface area contributed by atoms with Crippen LogP contribution >= 0.6 is 15.9 Å². The number of hydrogen-bond acceptors (Lipinski definition) is 4. The van der Waals surface area contributed by atoms with Crippen LogP contribution in [0.25, 0.3) is 11.4 Å². The average Bonchev–Trinajstić information content (AvgIpc) is 2.70. The van der Waals surface area contributed by atoms with Crippen LogP contribution in [-0.2, 0) is 10.0 Å². The minimum atomic E-state index is -3.38. The highest BCUT2D eigenvalue weighted by Crippen LogP contribution is 2.29. The van der Waals surface area contributed by atoms with E-state index in [2.05, 4.69) is 20.9 Å². The zero-order valence-corrected chi connectivity index (χ0v) is 11.2. The van der Waals surface area contributed by atoms with Crippen molar-refractivity contribution >= 4 is 26.0 Å². The first-order valence-corrected chi connectivity index (χ1v) is 7.26. The summed E-state index contributed by atoms with van der Waals surface area (Å²) in [5.74, 6) is 0.402. The summed E-state index contributed by atoms with van der Waals surface area (Å²) in [6.45, 7) is 0. The van der Waals surface area contributed by atoms with Gasteiger partial charge >= 0.3 is 0 Å². The molecule has 5 nitrogen and oxygen atoms in total. The van der Waals surface area contributed by atoms with E-state index in [1.54, 1.807) is 12.1 Å². The predicted octanol–water partition coefficient (Wildman–Crippen LogP) is 1.83. The van der Waals surface area contributed by atoms with Crippen LogP contribution in [0.1, 0.15) is 0 Å². The lowest BCUT2D eigenvalue weighted by Gasteiger charge is -2.06. The van der Waals surface area contributed by atoms with Crippen molar-refractivity contribution in [1.82, 2.24) is 8.96 Å². The Morgan fingerprint density at radius 2 is 2.12 bits per heavy atom. The number of nitrogens with zero attached hydrogens (tertiary/aromatic N) is 2. The standard InChI is InChI=1S/C10H9BrN2O3S/c1-17(15,16)13-5-4-12-10(13)7-2-3-9(14)8(11)6-7/h2-6,14H,1H3. The third-order valence-corrected chi connectivity index (χ3v) is 3.82. The van der Waals surface area contributed by atoms with E-state index in [9.17, 15) is 13.5 Å². The summed E-state index contributed by atoms with van der Waals surface area (Å²) >= 11 is 3.17. The van der Waals surface area contributed by atoms with Crippen LogP contribution in [0.15, 0.2) is 35.1 Å². The molecular formula is C10H9BrN2O3S. The molecule has 0 aliphatic heterocycles. The van der Waals surface area contributed by atoms with Gasteiger partial charge in [-0.3, -0.25) is 0 Å². The summed E-state index contributed by atoms with van der Waals surface area (Å²) in [6, 6.07) is 4.68. The summed E-state index contributed by atoms with van der Waals surface area (Å²) in [5, 5.41) is 9.38. The van der Waals surface area contributed by atoms with E-state index in [4.69, 9.17) is 0 Å². The van der Waals surface area contributed by atoms with E-state index in [1.807, 2.05) is 0 Å². The molecule has 1 aromatic heterocycles. The molecule has 0 bridgehead atoms. The Kier molecular flexibility index (Phi) is 2.96. The highest BCUT2D eigenvalue weighted by atomic mass is 79.9. The first-order valence-electron chi connectivity index (χ1n) is 4.62. The van der Waals surface area contributed by atoms with Gasteiger partial charge in [-0.15, -0.1) is 0 Å². The molecular weight excluding hydrogens is 308 g/mol. The first-order chi connectivity index (χ1) is 7.89. The van der Waals surface area contributed by atoms with Crippen molar-refractivity contribution in [3.8, 4) is 17.1 Å². The number of phenols is 1. The molecule has 1 heterocycles. The number of rotatable bonds is 2. The van der Waals surface area contributed by atoms with Crippen molar-refractivity contribution in [2.75, 3.05) is 6.26 Å². The van der Waals surface area contributed by atoms with Gasteiger partial charge in [-0.1, -0.05) is 0 Å². The van der Waals surface area contributed by atoms with Crippen LogP contribution in [0.5, 0.6) is 5.75 Å². The van der Waals surface area contributed by atoms with E-state index in [1.165, 1.54) is 18.5 Å². The van der Waals surface area contributed by atoms with Crippen LogP contribution < -0.4 is 0 Å². The van der Waals surface area contributed by atoms with Gasteiger partial charge < -0.3 is 5.11 Å². The molecule has 0 radical (unpaired) electrons. The second kappa shape index (κ2) is 4.15. The number of aromatic nitrogens is 2. The van der Waals surface area contributed by atoms with Crippen molar-refractivity contribution in [1.29, 1.82) is 0 Å². The molecule has 1 N–H and O–H groups in total. The van der Waals surface area contributed by atoms with Gasteiger partial charge in [0.25, 0.3) is 0 Å². The summed E-state index contributed by atoms with van der Waals surface area (Å²) < 4.78 is 24.6. The highest BCUT2D eigenvalue weighted by Gasteiger charge is 2.14. The van der Waals surface area contributed by atoms with E-state index in [-0.39, 0.29) is 5.75 Å². The van der Waals surface area contributed by atoms with Crippen LogP contribution in [0.2, 0.25) is 0 Å². The Bertz CT molecular complexity index is 664. The molecule has 0 unspecified atom stereocenters. The van der Waals surface area contributed by atoms with Gasteiger partial charge in [0.2, 0.25) is 10.0 Å². The molecule has 0 aliphatic carbocycles. The third-order valence-electron chi connectivity index (χ3n) is 2.17. The zero-order valence-electron chi connectivity index (χ0n) is 8.83. The van der Waals surface area contributed by atoms with Gasteiger partial charge in [0.15, 0.2) is 5.82 Å². The fourth-order valence-electron chi connectivity index (χ4n) is 1.41. The maximum absolute atomic E-state index is 11.5. The second-order valence-electron chi connectivity index (χ2n) is 3.48. The molecule has 0 atom stereocenters. The Balaban J connectivity index is 2.62. The van der Waals surface area contributed by atoms with Gasteiger partial charge in [0.05, 0.1) is 10.7 Å². The molecule has 17 heavy (non-hydrogen) atoms. The Morgan fingerprint density at radius 3 is 2.71 bits per heavy atom. The third kappa shape index (κ3) is 2.34. The monoisotopic (exact) mass is 316 g/mol. The van der Waals surface area contributed by atoms with Crippen molar-refractivity contribution in [2.45, 2.75) is 0 Å². The average molecular weight is 317 g/mol. The van der Waals surface area contributed by atoms with E-state index >= 15 is 0 Å². The number of aromatic hydroxyl groups is 1. The van der Waals surface area contributed by atoms with Gasteiger partial charge in [-0.2, -0.15) is 0 Å². The van der Waals surface area contributed by atoms with E-state index in [0.717, 1.165) is 10.2 Å². The predicted molar refractivity (Wildman–Crippen MR) is 67.3 cm³/mol. The summed E-state index contributed by atoms with van der Waals surface area (Å²) in [7, 11) is -3.38. The molecule has 1 aromatic carbocycles. The fourth-order valence-corrected chi connectivity index (χ4v) is 2.53. The number of halogens is 1. The van der Waals surface area contributed by atoms with Gasteiger partial charge in [0.1, 0.15) is 5.75 Å². The molecule has 7 heteroatoms. The maximum Gasteiger partial charge on any atom is 0.237 e. The molecule has 0 fully saturated rings. The molecule has 0 saturated heterocycles. The van der Waals surface area contributed by atoms with Gasteiger partial charge in [-0.05, 0) is 34.1 Å². The lowest BCUT2D eigenvalue weighted by molar-refractivity contribution is 0.472. The topological polar surface area (TPSA) is 72.2 Å². The van der Waals surface area contributed by atoms with Crippen LogP contribution in [0.4, 0.5) is 0 Å². The van der Waals surface area contributed by atoms with Gasteiger partial charge in [-0.25, -0.2) is 17.4 Å². The maximum atomic E-state index is 11.5. The molecule has 0 saturated carbocycles. The molecule has 2 aromatic rings. The first kappa shape index (κ1) is 12.1. The minimum absolute atomic E-state index is 0.0891. The molecule has 2 rings (SSSR count). The van der Waals surface area contributed by atoms with E-state index in [0.29, 0.717) is 15.9 Å². The Labute approximate surface area is 107 Å². The molecule has 90 valence electrons. The lowest BCUT2D eigenvalue weighted by atomic mass is 10.2. The van der Waals surface area contributed by atoms with Crippen molar-refractivity contribution in [3.63, 3.8) is 0 Å². The lowest BCUT2D eigenvalue weighted by Crippen LogP contribution is -2.10. The number of hydrogen-bond donors (Lipinski definition) is 1. The van der Waals surface area contributed by atoms with Gasteiger partial charge in [0, 0.05) is 18.0 Å². The van der Waals surface area contributed by atoms with Crippen LogP contribution in [-0.4, -0.2) is 28.7 Å². The zero-order chi connectivity index (χ0) is 12.6. The quantitative estimate of drug-likeness (QED) is 0.917. The number of phenolic OH excluding ortho intramolecular Hbond substituents is 1. The largest absolute Gasteiger partial charge is 0.507 e. The summed E-state index contributed by atoms with van der Waals surface area (Å²) in [4.78, 5) is 4.01. The second-order valence-corrected chi connectivity index (χ2v) is 6.19. The van der Waals surface area contributed by atoms with Crippen LogP contribution in [0, 0.1) is 0 Å². The molecule has 0 amide bonds. The molecule has 0 spiro atoms. The minimum Gasteiger partial charge on any atom is -0.507 e. The fraction of sp³-hybridized carbons (Fsp3) is 0.100.